The van der Waals surface area contributed by atoms with Crippen LogP contribution in [0.2, 0.25) is 0 Å². The summed E-state index contributed by atoms with van der Waals surface area (Å²) in [6.07, 6.45) is 0.108. The van der Waals surface area contributed by atoms with Crippen molar-refractivity contribution < 1.29 is 14.3 Å². The quantitative estimate of drug-likeness (QED) is 0.830. The van der Waals surface area contributed by atoms with Gasteiger partial charge in [-0.1, -0.05) is 25.1 Å². The van der Waals surface area contributed by atoms with E-state index in [2.05, 4.69) is 5.32 Å². The first-order chi connectivity index (χ1) is 8.58. The third-order valence-corrected chi connectivity index (χ3v) is 3.12. The monoisotopic (exact) mass is 247 g/mol. The van der Waals surface area contributed by atoms with Gasteiger partial charge in [-0.15, -0.1) is 0 Å². The van der Waals surface area contributed by atoms with Crippen molar-refractivity contribution in [3.8, 4) is 0 Å². The van der Waals surface area contributed by atoms with Crippen molar-refractivity contribution in [3.05, 3.63) is 30.3 Å². The maximum absolute atomic E-state index is 11.8. The molecule has 18 heavy (non-hydrogen) atoms. The molecule has 2 rings (SSSR count). The van der Waals surface area contributed by atoms with Crippen LogP contribution in [0.4, 0.5) is 5.69 Å². The highest BCUT2D eigenvalue weighted by molar-refractivity contribution is 5.95. The highest BCUT2D eigenvalue weighted by Crippen LogP contribution is 2.38. The maximum atomic E-state index is 11.8. The smallest absolute Gasteiger partial charge is 0.309 e. The Hall–Kier alpha value is -1.84. The molecule has 3 atom stereocenters. The van der Waals surface area contributed by atoms with Gasteiger partial charge in [-0.25, -0.2) is 0 Å². The van der Waals surface area contributed by atoms with Crippen LogP contribution in [0, 0.1) is 11.8 Å². The third kappa shape index (κ3) is 3.09. The molecule has 1 saturated carbocycles. The molecular formula is C14H17NO3. The Morgan fingerprint density at radius 2 is 1.94 bits per heavy atom. The predicted molar refractivity (Wildman–Crippen MR) is 67.9 cm³/mol. The number of ether oxygens (including phenoxy) is 1. The number of nitrogens with one attached hydrogen (secondary N) is 1. The Labute approximate surface area is 106 Å². The van der Waals surface area contributed by atoms with E-state index in [0.29, 0.717) is 11.6 Å². The second-order valence-electron chi connectivity index (χ2n) is 4.75. The lowest BCUT2D eigenvalue weighted by molar-refractivity contribution is -0.154. The molecule has 1 aromatic rings. The standard InChI is InChI=1S/C14H17NO3/c1-9-8-12(9)14(17)18-10(2)13(16)15-11-6-4-3-5-7-11/h3-7,9-10,12H,8H2,1-2H3,(H,15,16)/t9-,10-,12+/m0/s1. The lowest BCUT2D eigenvalue weighted by atomic mass is 10.3. The number of carbonyl (C=O) groups excluding carboxylic acids is 2. The molecule has 1 fully saturated rings. The Morgan fingerprint density at radius 3 is 2.50 bits per heavy atom. The van der Waals surface area contributed by atoms with Gasteiger partial charge in [-0.3, -0.25) is 9.59 Å². The zero-order chi connectivity index (χ0) is 13.1. The van der Waals surface area contributed by atoms with Crippen molar-refractivity contribution >= 4 is 17.6 Å². The number of rotatable bonds is 4. The molecule has 0 radical (unpaired) electrons. The van der Waals surface area contributed by atoms with E-state index < -0.39 is 6.10 Å². The number of amides is 1. The third-order valence-electron chi connectivity index (χ3n) is 3.12. The molecular weight excluding hydrogens is 230 g/mol. The summed E-state index contributed by atoms with van der Waals surface area (Å²) in [5.41, 5.74) is 0.699. The minimum absolute atomic E-state index is 0.0167. The summed E-state index contributed by atoms with van der Waals surface area (Å²) in [4.78, 5) is 23.4. The SMILES string of the molecule is C[C@H](OC(=O)[C@@H]1C[C@@H]1C)C(=O)Nc1ccccc1. The summed E-state index contributed by atoms with van der Waals surface area (Å²) >= 11 is 0. The second-order valence-corrected chi connectivity index (χ2v) is 4.75. The van der Waals surface area contributed by atoms with E-state index in [1.807, 2.05) is 25.1 Å². The van der Waals surface area contributed by atoms with Gasteiger partial charge >= 0.3 is 5.97 Å². The van der Waals surface area contributed by atoms with Gasteiger partial charge in [0, 0.05) is 5.69 Å². The van der Waals surface area contributed by atoms with Crippen LogP contribution >= 0.6 is 0 Å². The number of anilines is 1. The average Bonchev–Trinajstić information content (AvgIpc) is 3.07. The van der Waals surface area contributed by atoms with E-state index in [4.69, 9.17) is 4.74 Å². The van der Waals surface area contributed by atoms with Crippen molar-refractivity contribution in [2.24, 2.45) is 11.8 Å². The van der Waals surface area contributed by atoms with Crippen molar-refractivity contribution in [1.82, 2.24) is 0 Å². The molecule has 0 heterocycles. The van der Waals surface area contributed by atoms with Gasteiger partial charge in [0.25, 0.3) is 5.91 Å². The number of esters is 1. The fourth-order valence-corrected chi connectivity index (χ4v) is 1.73. The summed E-state index contributed by atoms with van der Waals surface area (Å²) < 4.78 is 5.13. The number of benzene rings is 1. The summed E-state index contributed by atoms with van der Waals surface area (Å²) in [7, 11) is 0. The predicted octanol–water partition coefficient (Wildman–Crippen LogP) is 2.21. The minimum atomic E-state index is -0.759. The molecule has 96 valence electrons. The van der Waals surface area contributed by atoms with E-state index in [1.54, 1.807) is 19.1 Å². The molecule has 0 bridgehead atoms. The maximum Gasteiger partial charge on any atom is 0.309 e. The van der Waals surface area contributed by atoms with Crippen molar-refractivity contribution in [2.45, 2.75) is 26.4 Å². The van der Waals surface area contributed by atoms with Gasteiger partial charge in [-0.2, -0.15) is 0 Å². The molecule has 1 aliphatic rings. The fraction of sp³-hybridized carbons (Fsp3) is 0.429. The summed E-state index contributed by atoms with van der Waals surface area (Å²) in [5.74, 6) is -0.195. The highest BCUT2D eigenvalue weighted by atomic mass is 16.5. The highest BCUT2D eigenvalue weighted by Gasteiger charge is 2.41. The number of hydrogen-bond donors (Lipinski definition) is 1. The van der Waals surface area contributed by atoms with Gasteiger partial charge in [0.15, 0.2) is 6.10 Å². The normalized spacial score (nSPS) is 23.0. The molecule has 4 nitrogen and oxygen atoms in total. The van der Waals surface area contributed by atoms with Crippen LogP contribution in [-0.4, -0.2) is 18.0 Å². The van der Waals surface area contributed by atoms with Gasteiger partial charge in [0.1, 0.15) is 0 Å². The average molecular weight is 247 g/mol. The first-order valence-electron chi connectivity index (χ1n) is 6.14. The molecule has 0 spiro atoms. The first-order valence-corrected chi connectivity index (χ1v) is 6.14. The molecule has 0 aliphatic heterocycles. The molecule has 1 amide bonds. The van der Waals surface area contributed by atoms with Crippen LogP contribution < -0.4 is 5.32 Å². The van der Waals surface area contributed by atoms with Crippen molar-refractivity contribution in [1.29, 1.82) is 0 Å². The van der Waals surface area contributed by atoms with Crippen molar-refractivity contribution in [3.63, 3.8) is 0 Å². The largest absolute Gasteiger partial charge is 0.452 e. The van der Waals surface area contributed by atoms with Crippen LogP contribution in [0.25, 0.3) is 0 Å². The van der Waals surface area contributed by atoms with Crippen molar-refractivity contribution in [2.75, 3.05) is 5.32 Å². The Balaban J connectivity index is 1.83. The zero-order valence-corrected chi connectivity index (χ0v) is 10.6. The molecule has 1 aliphatic carbocycles. The van der Waals surface area contributed by atoms with E-state index in [1.165, 1.54) is 0 Å². The fourth-order valence-electron chi connectivity index (χ4n) is 1.73. The van der Waals surface area contributed by atoms with Crippen LogP contribution in [0.15, 0.2) is 30.3 Å². The number of para-hydroxylation sites is 1. The molecule has 0 unspecified atom stereocenters. The molecule has 4 heteroatoms. The molecule has 0 aromatic heterocycles. The number of hydrogen-bond acceptors (Lipinski definition) is 3. The molecule has 0 saturated heterocycles. The van der Waals surface area contributed by atoms with Gasteiger partial charge in [0.2, 0.25) is 0 Å². The van der Waals surface area contributed by atoms with Gasteiger partial charge in [-0.05, 0) is 31.4 Å². The van der Waals surface area contributed by atoms with E-state index >= 15 is 0 Å². The topological polar surface area (TPSA) is 55.4 Å². The van der Waals surface area contributed by atoms with Crippen LogP contribution in [0.1, 0.15) is 20.3 Å². The van der Waals surface area contributed by atoms with E-state index in [0.717, 1.165) is 6.42 Å². The number of carbonyl (C=O) groups is 2. The Kier molecular flexibility index (Phi) is 3.65. The van der Waals surface area contributed by atoms with E-state index in [9.17, 15) is 9.59 Å². The summed E-state index contributed by atoms with van der Waals surface area (Å²) in [6.45, 7) is 3.59. The Morgan fingerprint density at radius 1 is 1.33 bits per heavy atom. The van der Waals surface area contributed by atoms with Gasteiger partial charge < -0.3 is 10.1 Å². The first kappa shape index (κ1) is 12.6. The van der Waals surface area contributed by atoms with Crippen LogP contribution in [0.5, 0.6) is 0 Å². The zero-order valence-electron chi connectivity index (χ0n) is 10.6. The molecule has 1 N–H and O–H groups in total. The van der Waals surface area contributed by atoms with Crippen LogP contribution in [-0.2, 0) is 14.3 Å². The lowest BCUT2D eigenvalue weighted by Gasteiger charge is -2.13. The van der Waals surface area contributed by atoms with Crippen LogP contribution in [0.3, 0.4) is 0 Å². The van der Waals surface area contributed by atoms with E-state index in [-0.39, 0.29) is 17.8 Å². The minimum Gasteiger partial charge on any atom is -0.452 e. The second kappa shape index (κ2) is 5.21. The summed E-state index contributed by atoms with van der Waals surface area (Å²) in [6, 6.07) is 9.11. The molecule has 1 aromatic carbocycles. The lowest BCUT2D eigenvalue weighted by Crippen LogP contribution is -2.30. The Bertz CT molecular complexity index is 444. The van der Waals surface area contributed by atoms with Gasteiger partial charge in [0.05, 0.1) is 5.92 Å². The summed E-state index contributed by atoms with van der Waals surface area (Å²) in [5, 5.41) is 2.70.